The number of primary amides is 1. The van der Waals surface area contributed by atoms with Gasteiger partial charge in [0.2, 0.25) is 0 Å². The van der Waals surface area contributed by atoms with Crippen LogP contribution in [0.1, 0.15) is 18.4 Å². The molecule has 9 N–H and O–H groups in total. The van der Waals surface area contributed by atoms with Crippen molar-refractivity contribution in [1.82, 2.24) is 5.32 Å². The van der Waals surface area contributed by atoms with Crippen molar-refractivity contribution >= 4 is 18.0 Å². The molecule has 10 heteroatoms. The first-order valence-electron chi connectivity index (χ1n) is 7.80. The second kappa shape index (κ2) is 12.5. The number of carbonyl (C=O) groups excluding carboxylic acids is 1. The third kappa shape index (κ3) is 10.8. The number of hydrogen-bond donors (Lipinski definition) is 6. The fourth-order valence-corrected chi connectivity index (χ4v) is 1.76. The highest BCUT2D eigenvalue weighted by atomic mass is 16.5. The zero-order valence-electron chi connectivity index (χ0n) is 14.6. The number of urea groups is 1. The third-order valence-electron chi connectivity index (χ3n) is 3.24. The van der Waals surface area contributed by atoms with Crippen LogP contribution in [0.3, 0.4) is 0 Å². The molecule has 2 atom stereocenters. The highest BCUT2D eigenvalue weighted by Crippen LogP contribution is 2.12. The van der Waals surface area contributed by atoms with Crippen LogP contribution >= 0.6 is 0 Å². The first-order chi connectivity index (χ1) is 12.2. The molecule has 0 aliphatic rings. The second-order valence-electron chi connectivity index (χ2n) is 5.37. The number of amides is 2. The fraction of sp³-hybridized carbons (Fsp3) is 0.438. The summed E-state index contributed by atoms with van der Waals surface area (Å²) in [5, 5.41) is 19.3. The van der Waals surface area contributed by atoms with E-state index in [4.69, 9.17) is 32.2 Å². The maximum atomic E-state index is 10.5. The number of nitrogens with one attached hydrogen (secondary N) is 1. The van der Waals surface area contributed by atoms with Gasteiger partial charge in [-0.2, -0.15) is 0 Å². The van der Waals surface area contributed by atoms with Crippen molar-refractivity contribution in [3.05, 3.63) is 29.8 Å². The Balaban J connectivity index is 0.000000488. The summed E-state index contributed by atoms with van der Waals surface area (Å²) in [5.74, 6) is -1.27. The summed E-state index contributed by atoms with van der Waals surface area (Å²) >= 11 is 0. The van der Waals surface area contributed by atoms with Gasteiger partial charge < -0.3 is 37.5 Å². The van der Waals surface area contributed by atoms with Crippen LogP contribution in [0, 0.1) is 0 Å². The summed E-state index contributed by atoms with van der Waals surface area (Å²) in [5.41, 5.74) is 16.2. The van der Waals surface area contributed by atoms with Crippen LogP contribution in [0.25, 0.3) is 0 Å². The average Bonchev–Trinajstić information content (AvgIpc) is 2.59. The van der Waals surface area contributed by atoms with E-state index in [2.05, 4.69) is 5.32 Å². The first-order valence-corrected chi connectivity index (χ1v) is 7.80. The van der Waals surface area contributed by atoms with E-state index in [-0.39, 0.29) is 0 Å². The summed E-state index contributed by atoms with van der Waals surface area (Å²) < 4.78 is 4.97. The van der Waals surface area contributed by atoms with Gasteiger partial charge in [0.25, 0.3) is 0 Å². The number of rotatable bonds is 9. The Morgan fingerprint density at radius 2 is 1.62 bits per heavy atom. The van der Waals surface area contributed by atoms with Crippen LogP contribution < -0.4 is 27.3 Å². The van der Waals surface area contributed by atoms with E-state index in [0.717, 1.165) is 11.3 Å². The van der Waals surface area contributed by atoms with Crippen molar-refractivity contribution in [2.75, 3.05) is 13.7 Å². The number of ether oxygens (including phenoxy) is 1. The molecule has 0 spiro atoms. The molecule has 1 rings (SSSR count). The lowest BCUT2D eigenvalue weighted by atomic mass is 10.1. The van der Waals surface area contributed by atoms with E-state index in [9.17, 15) is 14.4 Å². The van der Waals surface area contributed by atoms with Gasteiger partial charge in [0.05, 0.1) is 7.11 Å². The van der Waals surface area contributed by atoms with Gasteiger partial charge in [-0.05, 0) is 37.0 Å². The Hall–Kier alpha value is -2.85. The van der Waals surface area contributed by atoms with Crippen LogP contribution in [-0.4, -0.2) is 53.9 Å². The molecule has 0 saturated carbocycles. The van der Waals surface area contributed by atoms with Gasteiger partial charge in [0.15, 0.2) is 0 Å². The van der Waals surface area contributed by atoms with Gasteiger partial charge in [-0.15, -0.1) is 0 Å². The maximum Gasteiger partial charge on any atom is 0.320 e. The Morgan fingerprint density at radius 1 is 1.08 bits per heavy atom. The number of carboxylic acids is 2. The van der Waals surface area contributed by atoms with Crippen LogP contribution in [0.15, 0.2) is 24.3 Å². The maximum absolute atomic E-state index is 10.5. The number of aliphatic carboxylic acids is 2. The van der Waals surface area contributed by atoms with Crippen molar-refractivity contribution < 1.29 is 29.3 Å². The monoisotopic (exact) mass is 370 g/mol. The van der Waals surface area contributed by atoms with E-state index in [0.29, 0.717) is 25.8 Å². The highest BCUT2D eigenvalue weighted by Gasteiger charge is 2.11. The summed E-state index contributed by atoms with van der Waals surface area (Å²) in [7, 11) is 1.58. The lowest BCUT2D eigenvalue weighted by Gasteiger charge is -2.06. The summed E-state index contributed by atoms with van der Waals surface area (Å²) in [6, 6.07) is 4.86. The van der Waals surface area contributed by atoms with Crippen molar-refractivity contribution in [2.24, 2.45) is 17.2 Å². The quantitative estimate of drug-likeness (QED) is 0.313. The van der Waals surface area contributed by atoms with Gasteiger partial charge in [-0.3, -0.25) is 9.59 Å². The largest absolute Gasteiger partial charge is 0.497 e. The topological polar surface area (TPSA) is 191 Å². The molecule has 0 aliphatic carbocycles. The molecule has 0 bridgehead atoms. The number of methoxy groups -OCH3 is 1. The molecule has 1 aromatic rings. The minimum absolute atomic E-state index is 0.329. The molecule has 1 aromatic carbocycles. The van der Waals surface area contributed by atoms with E-state index < -0.39 is 30.1 Å². The number of benzene rings is 1. The van der Waals surface area contributed by atoms with E-state index >= 15 is 0 Å². The average molecular weight is 370 g/mol. The van der Waals surface area contributed by atoms with Crippen LogP contribution in [0.5, 0.6) is 5.75 Å². The normalized spacial score (nSPS) is 12.1. The molecule has 146 valence electrons. The molecular weight excluding hydrogens is 344 g/mol. The molecule has 10 nitrogen and oxygen atoms in total. The van der Waals surface area contributed by atoms with Gasteiger partial charge in [0, 0.05) is 6.54 Å². The molecule has 0 saturated heterocycles. The minimum Gasteiger partial charge on any atom is -0.497 e. The molecule has 0 fully saturated rings. The van der Waals surface area contributed by atoms with Gasteiger partial charge in [-0.1, -0.05) is 12.1 Å². The second-order valence-corrected chi connectivity index (χ2v) is 5.37. The van der Waals surface area contributed by atoms with Crippen molar-refractivity contribution in [3.63, 3.8) is 0 Å². The molecule has 2 amide bonds. The van der Waals surface area contributed by atoms with Crippen LogP contribution in [-0.2, 0) is 16.0 Å². The van der Waals surface area contributed by atoms with E-state index in [1.54, 1.807) is 19.2 Å². The fourth-order valence-electron chi connectivity index (χ4n) is 1.76. The predicted molar refractivity (Wildman–Crippen MR) is 94.7 cm³/mol. The van der Waals surface area contributed by atoms with Gasteiger partial charge in [-0.25, -0.2) is 4.79 Å². The summed E-state index contributed by atoms with van der Waals surface area (Å²) in [6.07, 6.45) is 1.17. The lowest BCUT2D eigenvalue weighted by Crippen LogP contribution is -2.33. The molecule has 0 heterocycles. The molecule has 0 unspecified atom stereocenters. The SMILES string of the molecule is COc1ccc(C[C@H](N)C(=O)O)cc1.NC(=O)NCCC[C@H](N)C(=O)O. The number of nitrogens with two attached hydrogens (primary N) is 3. The van der Waals surface area contributed by atoms with Crippen molar-refractivity contribution in [1.29, 1.82) is 0 Å². The minimum atomic E-state index is -1.03. The summed E-state index contributed by atoms with van der Waals surface area (Å²) in [4.78, 5) is 30.8. The number of carbonyl (C=O) groups is 3. The van der Waals surface area contributed by atoms with E-state index in [1.165, 1.54) is 0 Å². The van der Waals surface area contributed by atoms with Crippen molar-refractivity contribution in [3.8, 4) is 5.75 Å². The van der Waals surface area contributed by atoms with Gasteiger partial charge >= 0.3 is 18.0 Å². The number of carboxylic acid groups (broad SMARTS) is 2. The molecule has 0 aliphatic heterocycles. The summed E-state index contributed by atoms with van der Waals surface area (Å²) in [6.45, 7) is 0.357. The van der Waals surface area contributed by atoms with E-state index in [1.807, 2.05) is 12.1 Å². The van der Waals surface area contributed by atoms with Crippen LogP contribution in [0.4, 0.5) is 4.79 Å². The lowest BCUT2D eigenvalue weighted by molar-refractivity contribution is -0.139. The third-order valence-corrected chi connectivity index (χ3v) is 3.24. The standard InChI is InChI=1S/C10H13NO3.C6H13N3O3/c1-14-8-4-2-7(3-5-8)6-9(11)10(12)13;7-4(5(10)11)2-1-3-9-6(8)12/h2-5,9H,6,11H2,1H3,(H,12,13);4H,1-3,7H2,(H,10,11)(H3,8,9,12)/t9-;4-/m00/s1. The molecule has 26 heavy (non-hydrogen) atoms. The highest BCUT2D eigenvalue weighted by molar-refractivity contribution is 5.73. The predicted octanol–water partition coefficient (Wildman–Crippen LogP) is -0.504. The Bertz CT molecular complexity index is 579. The molecular formula is C16H26N4O6. The Morgan fingerprint density at radius 3 is 2.04 bits per heavy atom. The zero-order valence-corrected chi connectivity index (χ0v) is 14.6. The Kier molecular flexibility index (Phi) is 11.1. The first kappa shape index (κ1) is 23.1. The zero-order chi connectivity index (χ0) is 20.1. The molecule has 0 aromatic heterocycles. The molecule has 0 radical (unpaired) electrons. The van der Waals surface area contributed by atoms with Crippen molar-refractivity contribution in [2.45, 2.75) is 31.3 Å². The Labute approximate surface area is 151 Å². The number of hydrogen-bond acceptors (Lipinski definition) is 6. The van der Waals surface area contributed by atoms with Gasteiger partial charge in [0.1, 0.15) is 17.8 Å². The smallest absolute Gasteiger partial charge is 0.320 e. The van der Waals surface area contributed by atoms with Crippen LogP contribution in [0.2, 0.25) is 0 Å².